The Morgan fingerprint density at radius 2 is 2.09 bits per heavy atom. The molecule has 1 aliphatic carbocycles. The summed E-state index contributed by atoms with van der Waals surface area (Å²) in [6.07, 6.45) is 11.4. The molecule has 0 atom stereocenters. The molecular weight excluding hydrogens is 436 g/mol. The Balaban J connectivity index is 1.69. The Hall–Kier alpha value is -4.07. The van der Waals surface area contributed by atoms with E-state index in [0.717, 1.165) is 18.4 Å². The fourth-order valence-electron chi connectivity index (χ4n) is 3.86. The number of benzene rings is 1. The molecule has 1 amide bonds. The van der Waals surface area contributed by atoms with E-state index >= 15 is 0 Å². The maximum atomic E-state index is 13.0. The van der Waals surface area contributed by atoms with Crippen molar-refractivity contribution in [2.24, 2.45) is 0 Å². The third-order valence-electron chi connectivity index (χ3n) is 5.65. The Kier molecular flexibility index (Phi) is 6.96. The number of nitrogens with one attached hydrogen (secondary N) is 2. The zero-order chi connectivity index (χ0) is 24.1. The molecule has 0 aromatic heterocycles. The van der Waals surface area contributed by atoms with Gasteiger partial charge in [-0.1, -0.05) is 18.2 Å². The number of rotatable bonds is 8. The van der Waals surface area contributed by atoms with Crippen molar-refractivity contribution in [2.45, 2.75) is 32.6 Å². The van der Waals surface area contributed by atoms with Crippen LogP contribution in [-0.4, -0.2) is 31.3 Å². The highest BCUT2D eigenvalue weighted by Crippen LogP contribution is 2.38. The van der Waals surface area contributed by atoms with Crippen LogP contribution in [0.5, 0.6) is 0 Å². The number of allylic oxidation sites excluding steroid dienone is 4. The average Bonchev–Trinajstić information content (AvgIpc) is 3.19. The molecule has 2 aliphatic heterocycles. The minimum atomic E-state index is -0.327. The number of carbonyl (C=O) groups excluding carboxylic acids is 3. The van der Waals surface area contributed by atoms with Crippen molar-refractivity contribution in [3.8, 4) is 0 Å². The largest absolute Gasteiger partial charge is 0.469 e. The van der Waals surface area contributed by atoms with Crippen LogP contribution in [0.2, 0.25) is 0 Å². The van der Waals surface area contributed by atoms with E-state index in [-0.39, 0.29) is 24.1 Å². The van der Waals surface area contributed by atoms with Crippen molar-refractivity contribution in [1.82, 2.24) is 5.32 Å². The first-order chi connectivity index (χ1) is 16.5. The van der Waals surface area contributed by atoms with E-state index in [0.29, 0.717) is 52.6 Å². The van der Waals surface area contributed by atoms with Crippen LogP contribution in [0.1, 0.15) is 48.5 Å². The molecule has 176 valence electrons. The highest BCUT2D eigenvalue weighted by Gasteiger charge is 2.31. The van der Waals surface area contributed by atoms with Crippen LogP contribution in [0, 0.1) is 0 Å². The van der Waals surface area contributed by atoms with Crippen LogP contribution in [0.3, 0.4) is 0 Å². The number of ketones is 1. The number of hydrogen-bond acceptors (Lipinski definition) is 7. The molecule has 1 aromatic rings. The van der Waals surface area contributed by atoms with E-state index in [1.165, 1.54) is 26.6 Å². The van der Waals surface area contributed by atoms with E-state index < -0.39 is 0 Å². The van der Waals surface area contributed by atoms with Crippen LogP contribution in [0.15, 0.2) is 71.7 Å². The molecule has 0 bridgehead atoms. The lowest BCUT2D eigenvalue weighted by Crippen LogP contribution is -2.23. The molecule has 2 heterocycles. The monoisotopic (exact) mass is 462 g/mol. The van der Waals surface area contributed by atoms with Crippen molar-refractivity contribution < 1.29 is 28.6 Å². The fourth-order valence-corrected chi connectivity index (χ4v) is 3.86. The molecular formula is C26H26N2O6. The number of Topliss-reactive ketones (excluding diaryl/α,β-unsaturated/α-hetero) is 1. The summed E-state index contributed by atoms with van der Waals surface area (Å²) in [7, 11) is 1.34. The summed E-state index contributed by atoms with van der Waals surface area (Å²) in [6.45, 7) is 1.86. The Morgan fingerprint density at radius 1 is 1.24 bits per heavy atom. The lowest BCUT2D eigenvalue weighted by Gasteiger charge is -2.23. The average molecular weight is 463 g/mol. The number of esters is 1. The predicted octanol–water partition coefficient (Wildman–Crippen LogP) is 4.10. The second-order valence-corrected chi connectivity index (χ2v) is 7.99. The summed E-state index contributed by atoms with van der Waals surface area (Å²) in [5, 5.41) is 6.09. The quantitative estimate of drug-likeness (QED) is 0.259. The summed E-state index contributed by atoms with van der Waals surface area (Å²) in [6, 6.07) is 5.08. The van der Waals surface area contributed by atoms with Gasteiger partial charge < -0.3 is 24.8 Å². The number of methoxy groups -OCH3 is 1. The molecule has 4 rings (SSSR count). The molecule has 8 heteroatoms. The van der Waals surface area contributed by atoms with Crippen molar-refractivity contribution in [3.63, 3.8) is 0 Å². The zero-order valence-electron chi connectivity index (χ0n) is 19.1. The second-order valence-electron chi connectivity index (χ2n) is 7.99. The minimum Gasteiger partial charge on any atom is -0.469 e. The molecule has 8 nitrogen and oxygen atoms in total. The van der Waals surface area contributed by atoms with E-state index in [4.69, 9.17) is 14.2 Å². The minimum absolute atomic E-state index is 0.104. The molecule has 0 spiro atoms. The first-order valence-electron chi connectivity index (χ1n) is 11.1. The smallest absolute Gasteiger partial charge is 0.305 e. The highest BCUT2D eigenvalue weighted by atomic mass is 16.5. The third kappa shape index (κ3) is 4.96. The summed E-state index contributed by atoms with van der Waals surface area (Å²) in [4.78, 5) is 36.5. The van der Waals surface area contributed by atoms with Gasteiger partial charge in [0.2, 0.25) is 0 Å². The summed E-state index contributed by atoms with van der Waals surface area (Å²) in [5.41, 5.74) is 3.43. The van der Waals surface area contributed by atoms with Crippen molar-refractivity contribution in [3.05, 3.63) is 82.9 Å². The van der Waals surface area contributed by atoms with Crippen LogP contribution in [-0.2, 0) is 23.8 Å². The molecule has 34 heavy (non-hydrogen) atoms. The van der Waals surface area contributed by atoms with Crippen LogP contribution >= 0.6 is 0 Å². The first-order valence-corrected chi connectivity index (χ1v) is 11.1. The first kappa shape index (κ1) is 23.1. The standard InChI is InChI=1S/C26H26N2O6/c1-16(29)18-10-11-20-19(13-18)24(26(31)28-20)25(27-12-6-9-23(30)32-2)22-15-33-14-21(34-22)17-7-4-3-5-8-17/h3-4,7,10-11,13-15,27H,5-6,8-9,12H2,1-2H3,(H,28,31). The van der Waals surface area contributed by atoms with E-state index in [2.05, 4.69) is 16.7 Å². The van der Waals surface area contributed by atoms with Gasteiger partial charge in [-0.3, -0.25) is 14.4 Å². The SMILES string of the molecule is COC(=O)CCCNC(C1=COC=C(C2=CC=CCC2)O1)=C1C(=O)Nc2ccc(C(C)=O)cc21. The van der Waals surface area contributed by atoms with Gasteiger partial charge in [0.25, 0.3) is 5.91 Å². The Morgan fingerprint density at radius 3 is 2.82 bits per heavy atom. The molecule has 0 saturated carbocycles. The van der Waals surface area contributed by atoms with Gasteiger partial charge in [-0.2, -0.15) is 0 Å². The van der Waals surface area contributed by atoms with Gasteiger partial charge in [-0.15, -0.1) is 0 Å². The molecule has 1 aromatic carbocycles. The van der Waals surface area contributed by atoms with Crippen LogP contribution in [0.4, 0.5) is 5.69 Å². The number of hydrogen-bond donors (Lipinski definition) is 2. The maximum absolute atomic E-state index is 13.0. The van der Waals surface area contributed by atoms with Gasteiger partial charge in [0.1, 0.15) is 12.5 Å². The van der Waals surface area contributed by atoms with Crippen LogP contribution < -0.4 is 10.6 Å². The zero-order valence-corrected chi connectivity index (χ0v) is 19.1. The molecule has 0 radical (unpaired) electrons. The van der Waals surface area contributed by atoms with E-state index in [1.807, 2.05) is 12.2 Å². The highest BCUT2D eigenvalue weighted by molar-refractivity contribution is 6.32. The van der Waals surface area contributed by atoms with Gasteiger partial charge in [0.05, 0.1) is 18.4 Å². The van der Waals surface area contributed by atoms with Gasteiger partial charge in [0, 0.05) is 29.8 Å². The van der Waals surface area contributed by atoms with Crippen molar-refractivity contribution >= 4 is 28.9 Å². The van der Waals surface area contributed by atoms with Crippen molar-refractivity contribution in [1.29, 1.82) is 0 Å². The Labute approximate surface area is 197 Å². The third-order valence-corrected chi connectivity index (χ3v) is 5.65. The lowest BCUT2D eigenvalue weighted by molar-refractivity contribution is -0.140. The van der Waals surface area contributed by atoms with E-state index in [1.54, 1.807) is 18.2 Å². The number of carbonyl (C=O) groups is 3. The van der Waals surface area contributed by atoms with Gasteiger partial charge >= 0.3 is 5.97 Å². The summed E-state index contributed by atoms with van der Waals surface area (Å²) in [5.74, 6) is 0.148. The molecule has 0 saturated heterocycles. The molecule has 3 aliphatic rings. The molecule has 0 fully saturated rings. The number of ether oxygens (including phenoxy) is 3. The molecule has 0 unspecified atom stereocenters. The van der Waals surface area contributed by atoms with Gasteiger partial charge in [0.15, 0.2) is 17.3 Å². The summed E-state index contributed by atoms with van der Waals surface area (Å²) >= 11 is 0. The van der Waals surface area contributed by atoms with Gasteiger partial charge in [-0.05, 0) is 50.0 Å². The van der Waals surface area contributed by atoms with Gasteiger partial charge in [-0.25, -0.2) is 0 Å². The topological polar surface area (TPSA) is 103 Å². The number of amides is 1. The predicted molar refractivity (Wildman–Crippen MR) is 126 cm³/mol. The fraction of sp³-hybridized carbons (Fsp3) is 0.269. The number of fused-ring (bicyclic) bond motifs is 1. The second kappa shape index (κ2) is 10.2. The molecule has 2 N–H and O–H groups in total. The van der Waals surface area contributed by atoms with E-state index in [9.17, 15) is 14.4 Å². The maximum Gasteiger partial charge on any atom is 0.305 e. The summed E-state index contributed by atoms with van der Waals surface area (Å²) < 4.78 is 16.5. The van der Waals surface area contributed by atoms with Crippen molar-refractivity contribution in [2.75, 3.05) is 19.0 Å². The Bertz CT molecular complexity index is 1190. The van der Waals surface area contributed by atoms with Crippen LogP contribution in [0.25, 0.3) is 5.57 Å². The number of anilines is 1. The normalized spacial score (nSPS) is 17.8. The lowest BCUT2D eigenvalue weighted by atomic mass is 9.99.